The maximum absolute atomic E-state index is 13.9. The van der Waals surface area contributed by atoms with Crippen LogP contribution in [0.2, 0.25) is 0 Å². The summed E-state index contributed by atoms with van der Waals surface area (Å²) < 4.78 is 15.7. The molecule has 0 bridgehead atoms. The van der Waals surface area contributed by atoms with Gasteiger partial charge in [-0.15, -0.1) is 0 Å². The van der Waals surface area contributed by atoms with Gasteiger partial charge in [0.05, 0.1) is 21.1 Å². The van der Waals surface area contributed by atoms with Gasteiger partial charge in [0.15, 0.2) is 5.82 Å². The summed E-state index contributed by atoms with van der Waals surface area (Å²) in [4.78, 5) is 1.31. The molecule has 3 nitrogen and oxygen atoms in total. The monoisotopic (exact) mass is 311 g/mol. The van der Waals surface area contributed by atoms with Crippen molar-refractivity contribution in [2.75, 3.05) is 0 Å². The normalized spacial score (nSPS) is 10.2. The minimum atomic E-state index is -0.419. The lowest BCUT2D eigenvalue weighted by Crippen LogP contribution is -1.87. The summed E-state index contributed by atoms with van der Waals surface area (Å²) in [5.41, 5.74) is 0.290. The van der Waals surface area contributed by atoms with Crippen LogP contribution in [0.5, 0.6) is 0 Å². The van der Waals surface area contributed by atoms with Crippen molar-refractivity contribution in [3.8, 4) is 6.07 Å². The lowest BCUT2D eigenvalue weighted by molar-refractivity contribution is 0.594. The number of aryl methyl sites for hydroxylation is 1. The van der Waals surface area contributed by atoms with Crippen molar-refractivity contribution in [3.63, 3.8) is 0 Å². The summed E-state index contributed by atoms with van der Waals surface area (Å²) >= 11 is 4.35. The molecule has 2 aromatic rings. The first kappa shape index (κ1) is 12.1. The van der Waals surface area contributed by atoms with E-state index in [2.05, 4.69) is 21.0 Å². The number of hydrogen-bond donors (Lipinski definition) is 0. The molecule has 6 heteroatoms. The SMILES string of the molecule is Cn1cc(Sc2ccc(C#N)c(Br)c2F)cn1. The Balaban J connectivity index is 2.35. The summed E-state index contributed by atoms with van der Waals surface area (Å²) in [6.45, 7) is 0. The molecule has 0 saturated heterocycles. The van der Waals surface area contributed by atoms with Crippen molar-refractivity contribution >= 4 is 27.7 Å². The zero-order valence-corrected chi connectivity index (χ0v) is 11.2. The zero-order chi connectivity index (χ0) is 12.4. The lowest BCUT2D eigenvalue weighted by Gasteiger charge is -2.03. The second kappa shape index (κ2) is 4.90. The predicted molar refractivity (Wildman–Crippen MR) is 66.1 cm³/mol. The number of hydrogen-bond acceptors (Lipinski definition) is 3. The molecule has 0 aliphatic carbocycles. The van der Waals surface area contributed by atoms with Crippen LogP contribution < -0.4 is 0 Å². The first-order valence-electron chi connectivity index (χ1n) is 4.66. The van der Waals surface area contributed by atoms with Crippen molar-refractivity contribution < 1.29 is 4.39 Å². The third kappa shape index (κ3) is 2.51. The topological polar surface area (TPSA) is 41.6 Å². The molecule has 0 aliphatic rings. The van der Waals surface area contributed by atoms with Gasteiger partial charge in [-0.25, -0.2) is 4.39 Å². The van der Waals surface area contributed by atoms with Crippen molar-refractivity contribution in [1.29, 1.82) is 5.26 Å². The Hall–Kier alpha value is -1.32. The van der Waals surface area contributed by atoms with Crippen LogP contribution in [-0.2, 0) is 7.05 Å². The molecule has 0 saturated carbocycles. The van der Waals surface area contributed by atoms with Crippen molar-refractivity contribution in [2.45, 2.75) is 9.79 Å². The van der Waals surface area contributed by atoms with E-state index < -0.39 is 5.82 Å². The molecular weight excluding hydrogens is 305 g/mol. The third-order valence-corrected chi connectivity index (χ3v) is 3.83. The maximum Gasteiger partial charge on any atom is 0.152 e. The Labute approximate surface area is 110 Å². The van der Waals surface area contributed by atoms with E-state index in [4.69, 9.17) is 5.26 Å². The second-order valence-corrected chi connectivity index (χ2v) is 5.21. The largest absolute Gasteiger partial charge is 0.275 e. The first-order chi connectivity index (χ1) is 8.11. The fourth-order valence-corrected chi connectivity index (χ4v) is 2.73. The minimum Gasteiger partial charge on any atom is -0.275 e. The molecule has 17 heavy (non-hydrogen) atoms. The van der Waals surface area contributed by atoms with E-state index in [1.807, 2.05) is 6.07 Å². The van der Waals surface area contributed by atoms with Gasteiger partial charge in [-0.2, -0.15) is 10.4 Å². The number of aromatic nitrogens is 2. The third-order valence-electron chi connectivity index (χ3n) is 2.08. The Morgan fingerprint density at radius 1 is 1.53 bits per heavy atom. The molecule has 0 radical (unpaired) electrons. The number of nitriles is 1. The zero-order valence-electron chi connectivity index (χ0n) is 8.82. The van der Waals surface area contributed by atoms with E-state index in [1.165, 1.54) is 11.8 Å². The molecule has 1 aromatic carbocycles. The van der Waals surface area contributed by atoms with Crippen LogP contribution in [0, 0.1) is 17.1 Å². The average Bonchev–Trinajstić information content (AvgIpc) is 2.71. The maximum atomic E-state index is 13.9. The van der Waals surface area contributed by atoms with E-state index in [1.54, 1.807) is 36.3 Å². The van der Waals surface area contributed by atoms with E-state index >= 15 is 0 Å². The average molecular weight is 312 g/mol. The van der Waals surface area contributed by atoms with E-state index in [9.17, 15) is 4.39 Å². The van der Waals surface area contributed by atoms with E-state index in [-0.39, 0.29) is 10.0 Å². The van der Waals surface area contributed by atoms with Gasteiger partial charge in [0.1, 0.15) is 6.07 Å². The predicted octanol–water partition coefficient (Wildman–Crippen LogP) is 3.34. The molecule has 1 aromatic heterocycles. The minimum absolute atomic E-state index is 0.203. The molecule has 2 rings (SSSR count). The number of benzene rings is 1. The number of halogens is 2. The Morgan fingerprint density at radius 2 is 2.29 bits per heavy atom. The van der Waals surface area contributed by atoms with Crippen LogP contribution in [0.1, 0.15) is 5.56 Å². The van der Waals surface area contributed by atoms with Crippen LogP contribution in [0.25, 0.3) is 0 Å². The highest BCUT2D eigenvalue weighted by molar-refractivity contribution is 9.10. The molecule has 86 valence electrons. The fraction of sp³-hybridized carbons (Fsp3) is 0.0909. The van der Waals surface area contributed by atoms with Gasteiger partial charge in [-0.05, 0) is 28.1 Å². The smallest absolute Gasteiger partial charge is 0.152 e. The Kier molecular flexibility index (Phi) is 3.50. The standard InChI is InChI=1S/C11H7BrFN3S/c1-16-6-8(5-15-16)17-9-3-2-7(4-14)10(12)11(9)13/h2-3,5-6H,1H3. The first-order valence-corrected chi connectivity index (χ1v) is 6.27. The van der Waals surface area contributed by atoms with E-state index in [0.717, 1.165) is 4.90 Å². The molecule has 0 atom stereocenters. The molecule has 0 amide bonds. The van der Waals surface area contributed by atoms with Crippen LogP contribution >= 0.6 is 27.7 Å². The van der Waals surface area contributed by atoms with Gasteiger partial charge < -0.3 is 0 Å². The molecular formula is C11H7BrFN3S. The van der Waals surface area contributed by atoms with Gasteiger partial charge in [-0.3, -0.25) is 4.68 Å². The van der Waals surface area contributed by atoms with Gasteiger partial charge >= 0.3 is 0 Å². The Bertz CT molecular complexity index is 603. The number of rotatable bonds is 2. The van der Waals surface area contributed by atoms with Gasteiger partial charge in [0.2, 0.25) is 0 Å². The van der Waals surface area contributed by atoms with E-state index in [0.29, 0.717) is 4.90 Å². The van der Waals surface area contributed by atoms with Crippen LogP contribution in [0.4, 0.5) is 4.39 Å². The summed E-state index contributed by atoms with van der Waals surface area (Å²) in [7, 11) is 1.80. The molecule has 0 spiro atoms. The molecule has 1 heterocycles. The second-order valence-electron chi connectivity index (χ2n) is 3.30. The Morgan fingerprint density at radius 3 is 2.88 bits per heavy atom. The summed E-state index contributed by atoms with van der Waals surface area (Å²) in [5.74, 6) is -0.419. The van der Waals surface area contributed by atoms with Crippen LogP contribution in [0.15, 0.2) is 38.8 Å². The summed E-state index contributed by atoms with van der Waals surface area (Å²) in [5, 5.41) is 12.8. The highest BCUT2D eigenvalue weighted by atomic mass is 79.9. The molecule has 0 aliphatic heterocycles. The molecule has 0 fully saturated rings. The summed E-state index contributed by atoms with van der Waals surface area (Å²) in [6.07, 6.45) is 3.46. The summed E-state index contributed by atoms with van der Waals surface area (Å²) in [6, 6.07) is 5.10. The van der Waals surface area contributed by atoms with Crippen LogP contribution in [0.3, 0.4) is 0 Å². The molecule has 0 unspecified atom stereocenters. The lowest BCUT2D eigenvalue weighted by atomic mass is 10.2. The van der Waals surface area contributed by atoms with Gasteiger partial charge in [0.25, 0.3) is 0 Å². The van der Waals surface area contributed by atoms with Gasteiger partial charge in [-0.1, -0.05) is 11.8 Å². The fourth-order valence-electron chi connectivity index (χ4n) is 1.28. The van der Waals surface area contributed by atoms with Gasteiger partial charge in [0, 0.05) is 18.1 Å². The highest BCUT2D eigenvalue weighted by Crippen LogP contribution is 2.33. The van der Waals surface area contributed by atoms with Crippen molar-refractivity contribution in [2.24, 2.45) is 7.05 Å². The van der Waals surface area contributed by atoms with Crippen molar-refractivity contribution in [3.05, 3.63) is 40.4 Å². The van der Waals surface area contributed by atoms with Crippen LogP contribution in [-0.4, -0.2) is 9.78 Å². The number of nitrogens with zero attached hydrogens (tertiary/aromatic N) is 3. The quantitative estimate of drug-likeness (QED) is 0.854. The molecule has 0 N–H and O–H groups in total. The highest BCUT2D eigenvalue weighted by Gasteiger charge is 2.12. The van der Waals surface area contributed by atoms with Crippen molar-refractivity contribution in [1.82, 2.24) is 9.78 Å².